The van der Waals surface area contributed by atoms with Crippen molar-refractivity contribution in [1.29, 1.82) is 5.26 Å². The second-order valence-corrected chi connectivity index (χ2v) is 5.85. The monoisotopic (exact) mass is 261 g/mol. The van der Waals surface area contributed by atoms with Gasteiger partial charge in [-0.15, -0.1) is 0 Å². The van der Waals surface area contributed by atoms with E-state index in [4.69, 9.17) is 14.6 Å². The van der Waals surface area contributed by atoms with E-state index >= 15 is 0 Å². The average Bonchev–Trinajstić information content (AvgIpc) is 2.50. The number of benzene rings is 1. The fourth-order valence-electron chi connectivity index (χ4n) is 2.08. The molecule has 0 saturated carbocycles. The van der Waals surface area contributed by atoms with Crippen molar-refractivity contribution < 1.29 is 13.7 Å². The number of hydrogen-bond acceptors (Lipinski definition) is 3. The van der Waals surface area contributed by atoms with Gasteiger partial charge in [-0.1, -0.05) is 6.07 Å². The van der Waals surface area contributed by atoms with E-state index in [2.05, 4.69) is 0 Å². The lowest BCUT2D eigenvalue weighted by atomic mass is 9.73. The van der Waals surface area contributed by atoms with E-state index < -0.39 is 24.1 Å². The highest BCUT2D eigenvalue weighted by Gasteiger charge is 2.52. The Hall–Kier alpha value is -1.38. The molecule has 100 valence electrons. The number of hydrogen-bond donors (Lipinski definition) is 0. The van der Waals surface area contributed by atoms with Gasteiger partial charge >= 0.3 is 7.12 Å². The summed E-state index contributed by atoms with van der Waals surface area (Å²) in [5.41, 5.74) is 0.253. The van der Waals surface area contributed by atoms with Gasteiger partial charge in [0.05, 0.1) is 16.8 Å². The Balaban J connectivity index is 2.52. The number of aryl methyl sites for hydroxylation is 1. The topological polar surface area (TPSA) is 42.2 Å². The summed E-state index contributed by atoms with van der Waals surface area (Å²) < 4.78 is 25.5. The molecule has 1 aromatic carbocycles. The summed E-state index contributed by atoms with van der Waals surface area (Å²) in [6, 6.07) is 4.83. The molecule has 1 saturated heterocycles. The molecule has 0 atom stereocenters. The third-order valence-electron chi connectivity index (χ3n) is 4.01. The van der Waals surface area contributed by atoms with Crippen molar-refractivity contribution in [3.05, 3.63) is 29.1 Å². The number of nitriles is 1. The first-order valence-electron chi connectivity index (χ1n) is 6.24. The zero-order valence-corrected chi connectivity index (χ0v) is 11.9. The highest BCUT2D eigenvalue weighted by Crippen LogP contribution is 2.37. The maximum atomic E-state index is 13.7. The van der Waals surface area contributed by atoms with Crippen molar-refractivity contribution >= 4 is 12.6 Å². The van der Waals surface area contributed by atoms with Gasteiger partial charge in [-0.05, 0) is 46.2 Å². The highest BCUT2D eigenvalue weighted by molar-refractivity contribution is 6.63. The third-order valence-corrected chi connectivity index (χ3v) is 4.01. The van der Waals surface area contributed by atoms with Crippen molar-refractivity contribution in [2.75, 3.05) is 0 Å². The van der Waals surface area contributed by atoms with E-state index in [1.165, 1.54) is 6.07 Å². The van der Waals surface area contributed by atoms with Crippen LogP contribution in [0.3, 0.4) is 0 Å². The molecule has 1 heterocycles. The van der Waals surface area contributed by atoms with Crippen LogP contribution in [0.1, 0.15) is 38.8 Å². The van der Waals surface area contributed by atoms with E-state index in [1.54, 1.807) is 6.07 Å². The molecule has 0 amide bonds. The highest BCUT2D eigenvalue weighted by atomic mass is 19.1. The molecule has 1 aliphatic heterocycles. The van der Waals surface area contributed by atoms with Gasteiger partial charge in [0.25, 0.3) is 0 Å². The summed E-state index contributed by atoms with van der Waals surface area (Å²) in [7, 11) is -0.713. The summed E-state index contributed by atoms with van der Waals surface area (Å²) >= 11 is 0. The first-order valence-corrected chi connectivity index (χ1v) is 6.24. The van der Waals surface area contributed by atoms with Crippen LogP contribution in [-0.2, 0) is 9.31 Å². The Morgan fingerprint density at radius 2 is 1.68 bits per heavy atom. The Bertz CT molecular complexity index is 547. The van der Waals surface area contributed by atoms with Crippen molar-refractivity contribution in [3.63, 3.8) is 0 Å². The van der Waals surface area contributed by atoms with Gasteiger partial charge in [0.2, 0.25) is 0 Å². The molecule has 5 heteroatoms. The lowest BCUT2D eigenvalue weighted by Gasteiger charge is -2.32. The predicted molar refractivity (Wildman–Crippen MR) is 71.6 cm³/mol. The minimum Gasteiger partial charge on any atom is -0.399 e. The van der Waals surface area contributed by atoms with Gasteiger partial charge in [-0.25, -0.2) is 4.39 Å². The molecule has 0 radical (unpaired) electrons. The normalized spacial score (nSPS) is 20.4. The van der Waals surface area contributed by atoms with Crippen molar-refractivity contribution in [1.82, 2.24) is 0 Å². The summed E-state index contributed by atoms with van der Waals surface area (Å²) in [6.07, 6.45) is 0. The molecule has 0 spiro atoms. The van der Waals surface area contributed by atoms with Crippen LogP contribution in [0.15, 0.2) is 12.1 Å². The Morgan fingerprint density at radius 3 is 2.16 bits per heavy atom. The summed E-state index contributed by atoms with van der Waals surface area (Å²) in [6.45, 7) is 9.52. The van der Waals surface area contributed by atoms with E-state index in [0.717, 1.165) is 5.56 Å². The summed E-state index contributed by atoms with van der Waals surface area (Å²) in [4.78, 5) is 0. The molecule has 19 heavy (non-hydrogen) atoms. The summed E-state index contributed by atoms with van der Waals surface area (Å²) in [5, 5.41) is 9.14. The van der Waals surface area contributed by atoms with Gasteiger partial charge in [0.15, 0.2) is 0 Å². The largest absolute Gasteiger partial charge is 0.496 e. The van der Waals surface area contributed by atoms with Crippen LogP contribution in [0.4, 0.5) is 4.39 Å². The smallest absolute Gasteiger partial charge is 0.399 e. The maximum absolute atomic E-state index is 13.7. The Labute approximate surface area is 113 Å². The van der Waals surface area contributed by atoms with E-state index in [-0.39, 0.29) is 5.56 Å². The van der Waals surface area contributed by atoms with Gasteiger partial charge < -0.3 is 9.31 Å². The van der Waals surface area contributed by atoms with Crippen LogP contribution in [0, 0.1) is 24.1 Å². The number of nitrogens with zero attached hydrogens (tertiary/aromatic N) is 1. The van der Waals surface area contributed by atoms with Crippen LogP contribution >= 0.6 is 0 Å². The molecule has 0 bridgehead atoms. The van der Waals surface area contributed by atoms with Crippen LogP contribution in [0.5, 0.6) is 0 Å². The van der Waals surface area contributed by atoms with Gasteiger partial charge in [0, 0.05) is 5.46 Å². The van der Waals surface area contributed by atoms with Crippen LogP contribution < -0.4 is 5.46 Å². The van der Waals surface area contributed by atoms with Crippen LogP contribution in [0.2, 0.25) is 0 Å². The molecule has 1 fully saturated rings. The molecule has 0 N–H and O–H groups in total. The second-order valence-electron chi connectivity index (χ2n) is 5.85. The number of rotatable bonds is 1. The molecular formula is C14H17BFNO2. The standard InChI is InChI=1S/C14H17BFNO2/c1-9-6-7-11(16)10(8-17)12(9)15-18-13(2,3)14(4,5)19-15/h6-7H,1-5H3. The molecule has 0 unspecified atom stereocenters. The molecule has 3 nitrogen and oxygen atoms in total. The van der Waals surface area contributed by atoms with E-state index in [0.29, 0.717) is 5.46 Å². The second kappa shape index (κ2) is 4.33. The fraction of sp³-hybridized carbons (Fsp3) is 0.500. The summed E-state index contributed by atoms with van der Waals surface area (Å²) in [5.74, 6) is -0.544. The maximum Gasteiger partial charge on any atom is 0.496 e. The van der Waals surface area contributed by atoms with Gasteiger partial charge in [-0.2, -0.15) is 5.26 Å². The van der Waals surface area contributed by atoms with Gasteiger partial charge in [0.1, 0.15) is 11.9 Å². The van der Waals surface area contributed by atoms with E-state index in [9.17, 15) is 4.39 Å². The molecule has 0 aromatic heterocycles. The SMILES string of the molecule is Cc1ccc(F)c(C#N)c1B1OC(C)(C)C(C)(C)O1. The molecule has 1 aromatic rings. The molecule has 1 aliphatic rings. The Morgan fingerprint density at radius 1 is 1.16 bits per heavy atom. The third kappa shape index (κ3) is 2.15. The first kappa shape index (κ1) is 14.0. The Kier molecular flexibility index (Phi) is 3.20. The van der Waals surface area contributed by atoms with Crippen LogP contribution in [0.25, 0.3) is 0 Å². The van der Waals surface area contributed by atoms with Gasteiger partial charge in [-0.3, -0.25) is 0 Å². The lowest BCUT2D eigenvalue weighted by Crippen LogP contribution is -2.41. The zero-order chi connectivity index (χ0) is 14.4. The molecular weight excluding hydrogens is 244 g/mol. The lowest BCUT2D eigenvalue weighted by molar-refractivity contribution is 0.00578. The predicted octanol–water partition coefficient (Wildman–Crippen LogP) is 2.30. The molecule has 2 rings (SSSR count). The number of halogens is 1. The van der Waals surface area contributed by atoms with E-state index in [1.807, 2.05) is 40.7 Å². The van der Waals surface area contributed by atoms with Crippen molar-refractivity contribution in [2.24, 2.45) is 0 Å². The molecule has 0 aliphatic carbocycles. The first-order chi connectivity index (χ1) is 8.69. The van der Waals surface area contributed by atoms with Crippen LogP contribution in [-0.4, -0.2) is 18.3 Å². The van der Waals surface area contributed by atoms with Crippen molar-refractivity contribution in [3.8, 4) is 6.07 Å². The minimum absolute atomic E-state index is 0.00139. The average molecular weight is 261 g/mol. The fourth-order valence-corrected chi connectivity index (χ4v) is 2.08. The van der Waals surface area contributed by atoms with Crippen molar-refractivity contribution in [2.45, 2.75) is 45.8 Å². The zero-order valence-electron chi connectivity index (χ0n) is 11.9. The quantitative estimate of drug-likeness (QED) is 0.728. The minimum atomic E-state index is -0.713.